The number of rotatable bonds is 4. The molecule has 1 N–H and O–H groups in total. The number of halogens is 1. The molecule has 0 saturated heterocycles. The summed E-state index contributed by atoms with van der Waals surface area (Å²) in [5.74, 6) is -0.223. The first kappa shape index (κ1) is 16.4. The predicted octanol–water partition coefficient (Wildman–Crippen LogP) is 3.90. The number of anilines is 1. The van der Waals surface area contributed by atoms with E-state index in [0.29, 0.717) is 25.1 Å². The minimum Gasteiger partial charge on any atom is -0.322 e. The molecule has 3 nitrogen and oxygen atoms in total. The lowest BCUT2D eigenvalue weighted by Gasteiger charge is -2.26. The zero-order chi connectivity index (χ0) is 16.9. The Morgan fingerprint density at radius 3 is 2.62 bits per heavy atom. The Morgan fingerprint density at radius 1 is 1.17 bits per heavy atom. The monoisotopic (exact) mass is 324 g/mol. The molecule has 1 aliphatic heterocycles. The van der Waals surface area contributed by atoms with Crippen molar-refractivity contribution in [2.75, 3.05) is 18.4 Å². The third-order valence-electron chi connectivity index (χ3n) is 4.33. The lowest BCUT2D eigenvalue weighted by molar-refractivity contribution is -0.113. The number of para-hydroxylation sites is 1. The normalized spacial score (nSPS) is 15.0. The van der Waals surface area contributed by atoms with E-state index in [1.165, 1.54) is 6.07 Å². The van der Waals surface area contributed by atoms with Crippen LogP contribution in [0.1, 0.15) is 17.5 Å². The van der Waals surface area contributed by atoms with Gasteiger partial charge in [-0.05, 0) is 31.0 Å². The minimum absolute atomic E-state index is 0.0464. The fraction of sp³-hybridized carbons (Fsp3) is 0.250. The number of amides is 1. The molecular formula is C20H21FN2O. The van der Waals surface area contributed by atoms with Crippen LogP contribution in [0.4, 0.5) is 10.1 Å². The largest absolute Gasteiger partial charge is 0.322 e. The first-order chi connectivity index (χ1) is 11.6. The Kier molecular flexibility index (Phi) is 5.06. The molecule has 1 amide bonds. The molecule has 124 valence electrons. The average molecular weight is 324 g/mol. The fourth-order valence-electron chi connectivity index (χ4n) is 2.84. The van der Waals surface area contributed by atoms with Gasteiger partial charge in [0.15, 0.2) is 0 Å². The van der Waals surface area contributed by atoms with Crippen LogP contribution in [0, 0.1) is 12.7 Å². The Hall–Kier alpha value is -2.46. The molecule has 2 aromatic carbocycles. The summed E-state index contributed by atoms with van der Waals surface area (Å²) in [7, 11) is 0. The molecule has 0 bridgehead atoms. The maximum absolute atomic E-state index is 13.7. The van der Waals surface area contributed by atoms with E-state index < -0.39 is 0 Å². The summed E-state index contributed by atoms with van der Waals surface area (Å²) in [6.45, 7) is 3.95. The average Bonchev–Trinajstić information content (AvgIpc) is 2.59. The van der Waals surface area contributed by atoms with Crippen LogP contribution in [0.3, 0.4) is 0 Å². The molecule has 0 atom stereocenters. The molecule has 24 heavy (non-hydrogen) atoms. The number of hydrogen-bond donors (Lipinski definition) is 1. The van der Waals surface area contributed by atoms with E-state index in [4.69, 9.17) is 0 Å². The van der Waals surface area contributed by atoms with Gasteiger partial charge in [-0.25, -0.2) is 4.39 Å². The molecule has 4 heteroatoms. The van der Waals surface area contributed by atoms with Crippen LogP contribution >= 0.6 is 0 Å². The molecule has 0 spiro atoms. The number of carbonyl (C=O) groups is 1. The van der Waals surface area contributed by atoms with Crippen molar-refractivity contribution in [3.63, 3.8) is 0 Å². The summed E-state index contributed by atoms with van der Waals surface area (Å²) in [6, 6.07) is 14.6. The highest BCUT2D eigenvalue weighted by molar-refractivity contribution is 6.04. The van der Waals surface area contributed by atoms with Crippen molar-refractivity contribution in [2.45, 2.75) is 19.9 Å². The van der Waals surface area contributed by atoms with Gasteiger partial charge < -0.3 is 5.32 Å². The van der Waals surface area contributed by atoms with Crippen molar-refractivity contribution in [1.82, 2.24) is 4.90 Å². The maximum atomic E-state index is 13.7. The van der Waals surface area contributed by atoms with Crippen LogP contribution in [0.2, 0.25) is 0 Å². The van der Waals surface area contributed by atoms with Gasteiger partial charge in [-0.2, -0.15) is 0 Å². The molecule has 0 aliphatic carbocycles. The molecule has 2 aromatic rings. The summed E-state index contributed by atoms with van der Waals surface area (Å²) in [6.07, 6.45) is 2.62. The van der Waals surface area contributed by atoms with E-state index in [-0.39, 0.29) is 11.7 Å². The summed E-state index contributed by atoms with van der Waals surface area (Å²) in [5.41, 5.74) is 3.38. The molecule has 0 radical (unpaired) electrons. The zero-order valence-corrected chi connectivity index (χ0v) is 13.8. The zero-order valence-electron chi connectivity index (χ0n) is 13.8. The Bertz CT molecular complexity index is 770. The first-order valence-electron chi connectivity index (χ1n) is 8.15. The van der Waals surface area contributed by atoms with E-state index >= 15 is 0 Å². The summed E-state index contributed by atoms with van der Waals surface area (Å²) in [4.78, 5) is 14.5. The van der Waals surface area contributed by atoms with Gasteiger partial charge in [-0.3, -0.25) is 9.69 Å². The second-order valence-corrected chi connectivity index (χ2v) is 6.07. The van der Waals surface area contributed by atoms with Gasteiger partial charge in [-0.1, -0.05) is 42.5 Å². The van der Waals surface area contributed by atoms with Crippen LogP contribution in [0.5, 0.6) is 0 Å². The predicted molar refractivity (Wildman–Crippen MR) is 94.2 cm³/mol. The van der Waals surface area contributed by atoms with Gasteiger partial charge in [-0.15, -0.1) is 0 Å². The van der Waals surface area contributed by atoms with Crippen LogP contribution in [-0.2, 0) is 11.3 Å². The van der Waals surface area contributed by atoms with E-state index in [9.17, 15) is 9.18 Å². The van der Waals surface area contributed by atoms with Crippen molar-refractivity contribution in [2.24, 2.45) is 0 Å². The van der Waals surface area contributed by atoms with Gasteiger partial charge in [0.25, 0.3) is 5.91 Å². The second kappa shape index (κ2) is 7.41. The third kappa shape index (κ3) is 3.89. The first-order valence-corrected chi connectivity index (χ1v) is 8.15. The highest BCUT2D eigenvalue weighted by Crippen LogP contribution is 2.19. The summed E-state index contributed by atoms with van der Waals surface area (Å²) in [5, 5.41) is 2.97. The van der Waals surface area contributed by atoms with E-state index in [0.717, 1.165) is 23.4 Å². The molecular weight excluding hydrogens is 303 g/mol. The van der Waals surface area contributed by atoms with Gasteiger partial charge in [0.1, 0.15) is 5.82 Å². The number of aryl methyl sites for hydroxylation is 1. The molecule has 0 unspecified atom stereocenters. The molecule has 0 fully saturated rings. The fourth-order valence-corrected chi connectivity index (χ4v) is 2.84. The number of carbonyl (C=O) groups excluding carboxylic acids is 1. The molecule has 3 rings (SSSR count). The van der Waals surface area contributed by atoms with Crippen LogP contribution in [-0.4, -0.2) is 23.9 Å². The Balaban J connectivity index is 1.60. The number of nitrogens with zero attached hydrogens (tertiary/aromatic N) is 1. The third-order valence-corrected chi connectivity index (χ3v) is 4.33. The van der Waals surface area contributed by atoms with Crippen molar-refractivity contribution in [1.29, 1.82) is 0 Å². The standard InChI is InChI=1S/C20H21FN2O/c1-15-6-2-5-9-19(15)22-20(24)16-10-12-23(13-11-16)14-17-7-3-4-8-18(17)21/h2-10H,11-14H2,1H3,(H,22,24). The van der Waals surface area contributed by atoms with Gasteiger partial charge in [0.05, 0.1) is 0 Å². The SMILES string of the molecule is Cc1ccccc1NC(=O)C1=CCN(Cc2ccccc2F)CC1. The van der Waals surface area contributed by atoms with Crippen molar-refractivity contribution >= 4 is 11.6 Å². The van der Waals surface area contributed by atoms with Crippen molar-refractivity contribution in [3.05, 3.63) is 77.1 Å². The molecule has 0 aromatic heterocycles. The van der Waals surface area contributed by atoms with Gasteiger partial charge >= 0.3 is 0 Å². The minimum atomic E-state index is -0.176. The highest BCUT2D eigenvalue weighted by Gasteiger charge is 2.18. The smallest absolute Gasteiger partial charge is 0.251 e. The summed E-state index contributed by atoms with van der Waals surface area (Å²) < 4.78 is 13.7. The molecule has 1 heterocycles. The second-order valence-electron chi connectivity index (χ2n) is 6.07. The van der Waals surface area contributed by atoms with Crippen LogP contribution < -0.4 is 5.32 Å². The molecule has 0 saturated carbocycles. The van der Waals surface area contributed by atoms with Gasteiger partial charge in [0.2, 0.25) is 0 Å². The topological polar surface area (TPSA) is 32.3 Å². The maximum Gasteiger partial charge on any atom is 0.251 e. The Morgan fingerprint density at radius 2 is 1.92 bits per heavy atom. The van der Waals surface area contributed by atoms with E-state index in [1.54, 1.807) is 12.1 Å². The van der Waals surface area contributed by atoms with Gasteiger partial charge in [0, 0.05) is 36.5 Å². The summed E-state index contributed by atoms with van der Waals surface area (Å²) >= 11 is 0. The van der Waals surface area contributed by atoms with Crippen molar-refractivity contribution < 1.29 is 9.18 Å². The Labute approximate surface area is 141 Å². The lowest BCUT2D eigenvalue weighted by Crippen LogP contribution is -2.31. The quantitative estimate of drug-likeness (QED) is 0.925. The van der Waals surface area contributed by atoms with Crippen LogP contribution in [0.15, 0.2) is 60.2 Å². The lowest BCUT2D eigenvalue weighted by atomic mass is 10.1. The number of nitrogens with one attached hydrogen (secondary N) is 1. The number of hydrogen-bond acceptors (Lipinski definition) is 2. The van der Waals surface area contributed by atoms with E-state index in [1.807, 2.05) is 43.3 Å². The van der Waals surface area contributed by atoms with E-state index in [2.05, 4.69) is 10.2 Å². The highest BCUT2D eigenvalue weighted by atomic mass is 19.1. The molecule has 1 aliphatic rings. The van der Waals surface area contributed by atoms with Crippen molar-refractivity contribution in [3.8, 4) is 0 Å². The number of benzene rings is 2. The van der Waals surface area contributed by atoms with Crippen LogP contribution in [0.25, 0.3) is 0 Å².